The van der Waals surface area contributed by atoms with Gasteiger partial charge in [0.25, 0.3) is 6.71 Å². The first-order valence-electron chi connectivity index (χ1n) is 28.5. The molecule has 81 heavy (non-hydrogen) atoms. The zero-order valence-electron chi connectivity index (χ0n) is 45.1. The van der Waals surface area contributed by atoms with Gasteiger partial charge in [0.05, 0.1) is 33.2 Å². The van der Waals surface area contributed by atoms with Gasteiger partial charge in [0.2, 0.25) is 0 Å². The predicted octanol–water partition coefficient (Wildman–Crippen LogP) is 17.5. The van der Waals surface area contributed by atoms with Gasteiger partial charge in [0, 0.05) is 38.4 Å². The zero-order chi connectivity index (χ0) is 53.5. The molecule has 0 radical (unpaired) electrons. The second-order valence-corrected chi connectivity index (χ2v) is 23.8. The number of para-hydroxylation sites is 3. The Kier molecular flexibility index (Phi) is 8.96. The van der Waals surface area contributed by atoms with Crippen LogP contribution in [0.15, 0.2) is 255 Å². The second-order valence-electron chi connectivity index (χ2n) is 23.8. The van der Waals surface area contributed by atoms with Crippen LogP contribution in [0.4, 0.5) is 0 Å². The second kappa shape index (κ2) is 16.1. The van der Waals surface area contributed by atoms with E-state index in [2.05, 4.69) is 285 Å². The Hall–Kier alpha value is -9.90. The van der Waals surface area contributed by atoms with E-state index in [9.17, 15) is 0 Å². The molecule has 0 saturated carbocycles. The average molecular weight is 1030 g/mol. The summed E-state index contributed by atoms with van der Waals surface area (Å²) in [6, 6.07) is 96.0. The van der Waals surface area contributed by atoms with Crippen molar-refractivity contribution in [1.29, 1.82) is 0 Å². The maximum absolute atomic E-state index is 7.68. The first-order valence-corrected chi connectivity index (χ1v) is 28.5. The SMILES string of the molecule is CC(C)(C)c1ccc(-c2cc3c4c(c2)-n2c5ccccc5c5c2c(cc2c6ccccc6n(-c6c(-c7ccccc7)cccc6-c6ccccc6)c25)B4c2cc4c(cc2O3)C2(c3ccccc3-c3ccccc32)c2ccccc2-4)cc1. The van der Waals surface area contributed by atoms with Crippen molar-refractivity contribution in [3.8, 4) is 78.5 Å². The molecule has 0 atom stereocenters. The van der Waals surface area contributed by atoms with Gasteiger partial charge in [-0.1, -0.05) is 245 Å². The van der Waals surface area contributed by atoms with E-state index in [1.54, 1.807) is 0 Å². The maximum atomic E-state index is 7.68. The number of rotatable bonds is 4. The van der Waals surface area contributed by atoms with Gasteiger partial charge in [-0.05, 0) is 124 Å². The molecule has 1 spiro atoms. The first-order chi connectivity index (χ1) is 39.8. The van der Waals surface area contributed by atoms with Crippen LogP contribution in [0.25, 0.3) is 111 Å². The number of fused-ring (bicyclic) bond motifs is 21. The molecule has 378 valence electrons. The van der Waals surface area contributed by atoms with Crippen molar-refractivity contribution in [1.82, 2.24) is 9.13 Å². The van der Waals surface area contributed by atoms with Gasteiger partial charge >= 0.3 is 0 Å². The lowest BCUT2D eigenvalue weighted by Gasteiger charge is -2.35. The van der Waals surface area contributed by atoms with Crippen molar-refractivity contribution in [2.45, 2.75) is 31.6 Å². The summed E-state index contributed by atoms with van der Waals surface area (Å²) in [5, 5.41) is 4.93. The summed E-state index contributed by atoms with van der Waals surface area (Å²) < 4.78 is 12.9. The van der Waals surface area contributed by atoms with Gasteiger partial charge in [-0.25, -0.2) is 0 Å². The van der Waals surface area contributed by atoms with Gasteiger partial charge in [-0.2, -0.15) is 0 Å². The minimum absolute atomic E-state index is 0.0225. The van der Waals surface area contributed by atoms with Crippen LogP contribution in [-0.4, -0.2) is 15.8 Å². The summed E-state index contributed by atoms with van der Waals surface area (Å²) >= 11 is 0. The highest BCUT2D eigenvalue weighted by Crippen LogP contribution is 2.63. The largest absolute Gasteiger partial charge is 0.458 e. The topological polar surface area (TPSA) is 19.1 Å². The summed E-state index contributed by atoms with van der Waals surface area (Å²) in [6.07, 6.45) is 0. The Labute approximate surface area is 470 Å². The van der Waals surface area contributed by atoms with E-state index in [1.807, 2.05) is 0 Å². The fourth-order valence-corrected chi connectivity index (χ4v) is 15.4. The summed E-state index contributed by atoms with van der Waals surface area (Å²) in [6.45, 7) is 6.71. The number of hydrogen-bond acceptors (Lipinski definition) is 1. The lowest BCUT2D eigenvalue weighted by Crippen LogP contribution is -2.58. The smallest absolute Gasteiger partial charge is 0.256 e. The molecule has 0 N–H and O–H groups in total. The summed E-state index contributed by atoms with van der Waals surface area (Å²) in [5.41, 5.74) is 29.0. The Balaban J connectivity index is 0.992. The lowest BCUT2D eigenvalue weighted by atomic mass is 9.34. The van der Waals surface area contributed by atoms with E-state index in [0.717, 1.165) is 28.3 Å². The highest BCUT2D eigenvalue weighted by Gasteiger charge is 2.53. The summed E-state index contributed by atoms with van der Waals surface area (Å²) in [4.78, 5) is 0. The average Bonchev–Trinajstić information content (AvgIpc) is 2.30. The highest BCUT2D eigenvalue weighted by molar-refractivity contribution is 6.99. The molecule has 4 aliphatic rings. The minimum Gasteiger partial charge on any atom is -0.458 e. The van der Waals surface area contributed by atoms with Gasteiger partial charge in [-0.3, -0.25) is 0 Å². The summed E-state index contributed by atoms with van der Waals surface area (Å²) in [7, 11) is 0. The normalized spacial score (nSPS) is 13.8. The Morgan fingerprint density at radius 3 is 1.54 bits per heavy atom. The van der Waals surface area contributed by atoms with Gasteiger partial charge in [0.1, 0.15) is 11.5 Å². The number of benzene rings is 12. The third-order valence-corrected chi connectivity index (χ3v) is 18.7. The fourth-order valence-electron chi connectivity index (χ4n) is 15.4. The molecule has 4 heteroatoms. The first kappa shape index (κ1) is 45.0. The fraction of sp³-hybridized carbons (Fsp3) is 0.0649. The van der Waals surface area contributed by atoms with E-state index >= 15 is 0 Å². The molecule has 14 aromatic rings. The standard InChI is InChI=1S/C77H51BN2O/c1-76(2,3)50-39-37-46(38-40-50)49-41-68-72-70(42-49)81-69-45-63-58(55-27-12-17-34-62(55)77(63)60-32-15-10-25-53(60)54-26-11-16-33-61(54)77)43-64(69)78(72)65-44-59-56-28-13-18-35-66(56)80(74(59)71-57-29-14-19-36-67(57)79(68)75(65)71)73-51(47-21-6-4-7-22-47)30-20-31-52(73)48-23-8-5-9-24-48/h4-45H,1-3H3. The van der Waals surface area contributed by atoms with E-state index < -0.39 is 5.41 Å². The van der Waals surface area contributed by atoms with E-state index in [1.165, 1.54) is 138 Å². The van der Waals surface area contributed by atoms with Crippen molar-refractivity contribution in [2.75, 3.05) is 0 Å². The van der Waals surface area contributed by atoms with E-state index in [4.69, 9.17) is 4.74 Å². The van der Waals surface area contributed by atoms with Crippen LogP contribution in [0.1, 0.15) is 48.6 Å². The van der Waals surface area contributed by atoms with Crippen LogP contribution >= 0.6 is 0 Å². The summed E-state index contributed by atoms with van der Waals surface area (Å²) in [5.74, 6) is 1.82. The molecule has 0 bridgehead atoms. The Morgan fingerprint density at radius 2 is 0.914 bits per heavy atom. The van der Waals surface area contributed by atoms with Crippen LogP contribution in [0.5, 0.6) is 11.5 Å². The maximum Gasteiger partial charge on any atom is 0.256 e. The van der Waals surface area contributed by atoms with Crippen molar-refractivity contribution in [3.63, 3.8) is 0 Å². The molecular formula is C77H51BN2O. The third-order valence-electron chi connectivity index (χ3n) is 18.7. The van der Waals surface area contributed by atoms with Crippen molar-refractivity contribution in [2.24, 2.45) is 0 Å². The third kappa shape index (κ3) is 5.88. The molecule has 0 fully saturated rings. The monoisotopic (exact) mass is 1030 g/mol. The van der Waals surface area contributed by atoms with Crippen LogP contribution in [0.3, 0.4) is 0 Å². The van der Waals surface area contributed by atoms with E-state index in [-0.39, 0.29) is 12.1 Å². The Morgan fingerprint density at radius 1 is 0.370 bits per heavy atom. The quantitative estimate of drug-likeness (QED) is 0.161. The predicted molar refractivity (Wildman–Crippen MR) is 338 cm³/mol. The lowest BCUT2D eigenvalue weighted by molar-refractivity contribution is 0.486. The minimum atomic E-state index is -0.513. The molecule has 12 aromatic carbocycles. The molecule has 3 nitrogen and oxygen atoms in total. The molecule has 2 aliphatic heterocycles. The number of nitrogens with zero attached hydrogens (tertiary/aromatic N) is 2. The Bertz CT molecular complexity index is 4950. The molecule has 0 unspecified atom stereocenters. The number of aromatic nitrogens is 2. The van der Waals surface area contributed by atoms with Gasteiger partial charge in [0.15, 0.2) is 0 Å². The molecular weight excluding hydrogens is 980 g/mol. The van der Waals surface area contributed by atoms with Gasteiger partial charge < -0.3 is 13.9 Å². The molecule has 4 heterocycles. The van der Waals surface area contributed by atoms with E-state index in [0.29, 0.717) is 0 Å². The molecule has 0 amide bonds. The molecule has 2 aliphatic carbocycles. The number of ether oxygens (including phenoxy) is 1. The zero-order valence-corrected chi connectivity index (χ0v) is 45.1. The molecule has 2 aromatic heterocycles. The van der Waals surface area contributed by atoms with Crippen LogP contribution < -0.4 is 21.1 Å². The van der Waals surface area contributed by atoms with Crippen LogP contribution in [0.2, 0.25) is 0 Å². The number of hydrogen-bond donors (Lipinski definition) is 0. The van der Waals surface area contributed by atoms with Crippen molar-refractivity contribution >= 4 is 66.7 Å². The highest BCUT2D eigenvalue weighted by atomic mass is 16.5. The molecule has 0 saturated heterocycles. The van der Waals surface area contributed by atoms with Crippen molar-refractivity contribution in [3.05, 3.63) is 283 Å². The van der Waals surface area contributed by atoms with Gasteiger partial charge in [-0.15, -0.1) is 0 Å². The van der Waals surface area contributed by atoms with Crippen LogP contribution in [-0.2, 0) is 10.8 Å². The van der Waals surface area contributed by atoms with Crippen LogP contribution in [0, 0.1) is 0 Å². The molecule has 18 rings (SSSR count). The van der Waals surface area contributed by atoms with Crippen molar-refractivity contribution < 1.29 is 4.74 Å².